The summed E-state index contributed by atoms with van der Waals surface area (Å²) >= 11 is 3.36. The lowest BCUT2D eigenvalue weighted by molar-refractivity contribution is 0.271. The number of nitrogens with zero attached hydrogens (tertiary/aromatic N) is 3. The molecule has 2 aromatic rings. The number of hydrogen-bond donors (Lipinski definition) is 2. The van der Waals surface area contributed by atoms with Crippen molar-refractivity contribution in [3.8, 4) is 0 Å². The van der Waals surface area contributed by atoms with Crippen LogP contribution in [0.1, 0.15) is 13.3 Å². The molecular formula is C10H13BrN4O. The molecule has 86 valence electrons. The zero-order chi connectivity index (χ0) is 11.5. The fraction of sp³-hybridized carbons (Fsp3) is 0.400. The molecule has 1 atom stereocenters. The van der Waals surface area contributed by atoms with Crippen LogP contribution in [0.25, 0.3) is 5.65 Å². The fourth-order valence-corrected chi connectivity index (χ4v) is 1.77. The first-order chi connectivity index (χ1) is 7.74. The van der Waals surface area contributed by atoms with Crippen LogP contribution in [0.15, 0.2) is 22.9 Å². The number of aromatic nitrogens is 3. The quantitative estimate of drug-likeness (QED) is 0.897. The molecule has 1 unspecified atom stereocenters. The first kappa shape index (κ1) is 11.3. The molecule has 2 aromatic heterocycles. The second kappa shape index (κ2) is 4.80. The van der Waals surface area contributed by atoms with Crippen LogP contribution in [-0.4, -0.2) is 32.4 Å². The lowest BCUT2D eigenvalue weighted by Crippen LogP contribution is -2.23. The topological polar surface area (TPSA) is 62.5 Å². The Kier molecular flexibility index (Phi) is 3.40. The Morgan fingerprint density at radius 2 is 2.38 bits per heavy atom. The van der Waals surface area contributed by atoms with Gasteiger partial charge in [0.15, 0.2) is 5.65 Å². The summed E-state index contributed by atoms with van der Waals surface area (Å²) in [6.45, 7) is 2.11. The van der Waals surface area contributed by atoms with E-state index in [2.05, 4.69) is 31.3 Å². The van der Waals surface area contributed by atoms with E-state index in [0.29, 0.717) is 0 Å². The summed E-state index contributed by atoms with van der Waals surface area (Å²) < 4.78 is 2.51. The minimum atomic E-state index is 0.0345. The summed E-state index contributed by atoms with van der Waals surface area (Å²) in [6.07, 6.45) is 2.55. The van der Waals surface area contributed by atoms with Crippen LogP contribution >= 0.6 is 15.9 Å². The van der Waals surface area contributed by atoms with Crippen LogP contribution < -0.4 is 5.32 Å². The highest BCUT2D eigenvalue weighted by Gasteiger charge is 2.07. The maximum atomic E-state index is 9.10. The van der Waals surface area contributed by atoms with Gasteiger partial charge >= 0.3 is 0 Å². The first-order valence-electron chi connectivity index (χ1n) is 5.12. The Labute approximate surface area is 102 Å². The van der Waals surface area contributed by atoms with Crippen molar-refractivity contribution < 1.29 is 5.11 Å². The third-order valence-corrected chi connectivity index (χ3v) is 2.93. The van der Waals surface area contributed by atoms with Crippen LogP contribution in [0, 0.1) is 0 Å². The van der Waals surface area contributed by atoms with Crippen molar-refractivity contribution in [3.63, 3.8) is 0 Å². The van der Waals surface area contributed by atoms with E-state index in [1.54, 1.807) is 10.7 Å². The molecule has 2 N–H and O–H groups in total. The maximum Gasteiger partial charge on any atom is 0.154 e. The molecule has 2 heterocycles. The molecule has 0 fully saturated rings. The molecular weight excluding hydrogens is 272 g/mol. The minimum Gasteiger partial charge on any atom is -0.394 e. The lowest BCUT2D eigenvalue weighted by atomic mass is 10.2. The minimum absolute atomic E-state index is 0.0345. The second-order valence-corrected chi connectivity index (χ2v) is 4.31. The monoisotopic (exact) mass is 284 g/mol. The van der Waals surface area contributed by atoms with Crippen LogP contribution in [0.2, 0.25) is 0 Å². The largest absolute Gasteiger partial charge is 0.394 e. The molecule has 16 heavy (non-hydrogen) atoms. The molecule has 0 aliphatic heterocycles. The van der Waals surface area contributed by atoms with E-state index in [9.17, 15) is 0 Å². The van der Waals surface area contributed by atoms with E-state index in [1.165, 1.54) is 0 Å². The number of fused-ring (bicyclic) bond motifs is 1. The summed E-state index contributed by atoms with van der Waals surface area (Å²) in [5, 5.41) is 16.6. The molecule has 0 spiro atoms. The third-order valence-electron chi connectivity index (χ3n) is 2.39. The summed E-state index contributed by atoms with van der Waals surface area (Å²) in [5.41, 5.74) is 0.787. The van der Waals surface area contributed by atoms with Gasteiger partial charge in [-0.25, -0.2) is 9.50 Å². The van der Waals surface area contributed by atoms with Gasteiger partial charge in [0.2, 0.25) is 0 Å². The van der Waals surface area contributed by atoms with Gasteiger partial charge in [-0.1, -0.05) is 6.92 Å². The summed E-state index contributed by atoms with van der Waals surface area (Å²) in [4.78, 5) is 4.16. The molecule has 0 aliphatic carbocycles. The van der Waals surface area contributed by atoms with Gasteiger partial charge in [0.25, 0.3) is 0 Å². The molecule has 6 heteroatoms. The molecule has 2 rings (SSSR count). The average Bonchev–Trinajstić information content (AvgIpc) is 2.68. The van der Waals surface area contributed by atoms with Crippen molar-refractivity contribution in [2.75, 3.05) is 11.9 Å². The van der Waals surface area contributed by atoms with Crippen molar-refractivity contribution in [2.24, 2.45) is 0 Å². The Balaban J connectivity index is 2.28. The van der Waals surface area contributed by atoms with Gasteiger partial charge in [-0.2, -0.15) is 0 Å². The van der Waals surface area contributed by atoms with E-state index >= 15 is 0 Å². The van der Waals surface area contributed by atoms with Gasteiger partial charge in [-0.3, -0.25) is 0 Å². The van der Waals surface area contributed by atoms with E-state index in [1.807, 2.05) is 19.1 Å². The Morgan fingerprint density at radius 3 is 3.06 bits per heavy atom. The molecule has 0 aromatic carbocycles. The number of rotatable bonds is 4. The van der Waals surface area contributed by atoms with Gasteiger partial charge in [0.1, 0.15) is 10.4 Å². The van der Waals surface area contributed by atoms with Gasteiger partial charge in [0.05, 0.1) is 18.8 Å². The number of nitrogens with one attached hydrogen (secondary N) is 1. The van der Waals surface area contributed by atoms with Crippen molar-refractivity contribution in [1.29, 1.82) is 0 Å². The third kappa shape index (κ3) is 2.17. The van der Waals surface area contributed by atoms with E-state index < -0.39 is 0 Å². The standard InChI is InChI=1S/C10H13BrN4O/c1-2-7(6-16)13-9-3-4-10-12-5-8(11)15(10)14-9/h3-5,7,16H,2,6H2,1H3,(H,13,14). The average molecular weight is 285 g/mol. The second-order valence-electron chi connectivity index (χ2n) is 3.50. The van der Waals surface area contributed by atoms with E-state index in [-0.39, 0.29) is 12.6 Å². The first-order valence-corrected chi connectivity index (χ1v) is 5.91. The number of halogens is 1. The molecule has 0 saturated heterocycles. The summed E-state index contributed by atoms with van der Waals surface area (Å²) in [7, 11) is 0. The van der Waals surface area contributed by atoms with Gasteiger partial charge < -0.3 is 10.4 Å². The van der Waals surface area contributed by atoms with Crippen LogP contribution in [0.4, 0.5) is 5.82 Å². The van der Waals surface area contributed by atoms with Crippen molar-refractivity contribution in [2.45, 2.75) is 19.4 Å². The van der Waals surface area contributed by atoms with Gasteiger partial charge in [-0.05, 0) is 34.5 Å². The number of anilines is 1. The van der Waals surface area contributed by atoms with Crippen LogP contribution in [0.3, 0.4) is 0 Å². The number of hydrogen-bond acceptors (Lipinski definition) is 4. The van der Waals surface area contributed by atoms with Gasteiger partial charge in [-0.15, -0.1) is 5.10 Å². The number of imidazole rings is 1. The van der Waals surface area contributed by atoms with Crippen LogP contribution in [0.5, 0.6) is 0 Å². The summed E-state index contributed by atoms with van der Waals surface area (Å²) in [6, 6.07) is 3.77. The lowest BCUT2D eigenvalue weighted by Gasteiger charge is -2.14. The van der Waals surface area contributed by atoms with Crippen molar-refractivity contribution in [3.05, 3.63) is 22.9 Å². The van der Waals surface area contributed by atoms with Crippen molar-refractivity contribution in [1.82, 2.24) is 14.6 Å². The van der Waals surface area contributed by atoms with E-state index in [4.69, 9.17) is 5.11 Å². The zero-order valence-electron chi connectivity index (χ0n) is 8.89. The fourth-order valence-electron chi connectivity index (χ4n) is 1.41. The predicted molar refractivity (Wildman–Crippen MR) is 65.5 cm³/mol. The molecule has 0 radical (unpaired) electrons. The van der Waals surface area contributed by atoms with Crippen LogP contribution in [-0.2, 0) is 0 Å². The maximum absolute atomic E-state index is 9.10. The molecule has 0 aliphatic rings. The van der Waals surface area contributed by atoms with Gasteiger partial charge in [0, 0.05) is 0 Å². The normalized spacial score (nSPS) is 12.9. The highest BCUT2D eigenvalue weighted by Crippen LogP contribution is 2.14. The molecule has 5 nitrogen and oxygen atoms in total. The Hall–Kier alpha value is -1.14. The highest BCUT2D eigenvalue weighted by atomic mass is 79.9. The predicted octanol–water partition coefficient (Wildman–Crippen LogP) is 1.67. The molecule has 0 saturated carbocycles. The SMILES string of the molecule is CCC(CO)Nc1ccc2ncc(Br)n2n1. The number of aliphatic hydroxyl groups is 1. The van der Waals surface area contributed by atoms with Crippen molar-refractivity contribution >= 4 is 27.4 Å². The zero-order valence-corrected chi connectivity index (χ0v) is 10.5. The Morgan fingerprint density at radius 1 is 1.56 bits per heavy atom. The Bertz CT molecular complexity index is 481. The smallest absolute Gasteiger partial charge is 0.154 e. The summed E-state index contributed by atoms with van der Waals surface area (Å²) in [5.74, 6) is 0.729. The number of aliphatic hydroxyl groups excluding tert-OH is 1. The highest BCUT2D eigenvalue weighted by molar-refractivity contribution is 9.10. The molecule has 0 bridgehead atoms. The van der Waals surface area contributed by atoms with E-state index in [0.717, 1.165) is 22.5 Å². The molecule has 0 amide bonds.